The van der Waals surface area contributed by atoms with E-state index in [1.165, 1.54) is 16.7 Å². The van der Waals surface area contributed by atoms with Crippen molar-refractivity contribution < 1.29 is 4.21 Å². The summed E-state index contributed by atoms with van der Waals surface area (Å²) in [5, 5.41) is 0. The van der Waals surface area contributed by atoms with Crippen LogP contribution in [-0.2, 0) is 22.3 Å². The van der Waals surface area contributed by atoms with Crippen LogP contribution in [0.2, 0.25) is 0 Å². The van der Waals surface area contributed by atoms with E-state index in [0.717, 1.165) is 5.56 Å². The highest BCUT2D eigenvalue weighted by Gasteiger charge is 2.05. The molecule has 2 aromatic carbocycles. The van der Waals surface area contributed by atoms with E-state index in [2.05, 4.69) is 38.1 Å². The molecule has 0 aromatic heterocycles. The largest absolute Gasteiger partial charge is 0.259 e. The predicted octanol–water partition coefficient (Wildman–Crippen LogP) is 3.75. The second-order valence-corrected chi connectivity index (χ2v) is 6.10. The first-order valence-corrected chi connectivity index (χ1v) is 7.59. The van der Waals surface area contributed by atoms with Crippen molar-refractivity contribution in [3.05, 3.63) is 70.8 Å². The highest BCUT2D eigenvalue weighted by Crippen LogP contribution is 2.13. The molecule has 0 amide bonds. The Hall–Kier alpha value is -1.41. The van der Waals surface area contributed by atoms with Gasteiger partial charge < -0.3 is 0 Å². The molecule has 1 nitrogen and oxygen atoms in total. The Bertz CT molecular complexity index is 561. The normalized spacial score (nSPS) is 12.3. The van der Waals surface area contributed by atoms with Gasteiger partial charge in [-0.15, -0.1) is 0 Å². The summed E-state index contributed by atoms with van der Waals surface area (Å²) in [6.07, 6.45) is 0. The minimum Gasteiger partial charge on any atom is -0.259 e. The van der Waals surface area contributed by atoms with Crippen molar-refractivity contribution >= 4 is 10.8 Å². The second kappa shape index (κ2) is 5.96. The van der Waals surface area contributed by atoms with E-state index in [4.69, 9.17) is 0 Å². The van der Waals surface area contributed by atoms with Gasteiger partial charge in [-0.3, -0.25) is 4.21 Å². The van der Waals surface area contributed by atoms with Gasteiger partial charge in [0.05, 0.1) is 0 Å². The lowest BCUT2D eigenvalue weighted by Crippen LogP contribution is -2.01. The molecule has 0 radical (unpaired) electrons. The van der Waals surface area contributed by atoms with E-state index in [9.17, 15) is 4.21 Å². The molecule has 2 aromatic rings. The van der Waals surface area contributed by atoms with Crippen LogP contribution in [0.4, 0.5) is 0 Å². The summed E-state index contributed by atoms with van der Waals surface area (Å²) in [5.41, 5.74) is 4.78. The Morgan fingerprint density at radius 1 is 0.944 bits per heavy atom. The highest BCUT2D eigenvalue weighted by molar-refractivity contribution is 7.83. The zero-order valence-corrected chi connectivity index (χ0v) is 11.7. The first-order valence-electron chi connectivity index (χ1n) is 6.10. The third-order valence-corrected chi connectivity index (χ3v) is 4.28. The molecule has 0 N–H and O–H groups in total. The van der Waals surface area contributed by atoms with Crippen LogP contribution in [0.25, 0.3) is 0 Å². The van der Waals surface area contributed by atoms with Crippen molar-refractivity contribution in [2.24, 2.45) is 0 Å². The fourth-order valence-electron chi connectivity index (χ4n) is 1.98. The molecule has 0 fully saturated rings. The lowest BCUT2D eigenvalue weighted by atomic mass is 10.1. The van der Waals surface area contributed by atoms with E-state index in [1.54, 1.807) is 0 Å². The molecule has 2 rings (SSSR count). The van der Waals surface area contributed by atoms with Crippen LogP contribution in [0.5, 0.6) is 0 Å². The zero-order chi connectivity index (χ0) is 13.0. The van der Waals surface area contributed by atoms with Gasteiger partial charge in [-0.25, -0.2) is 0 Å². The van der Waals surface area contributed by atoms with E-state index < -0.39 is 10.8 Å². The number of hydrogen-bond donors (Lipinski definition) is 0. The minimum absolute atomic E-state index is 0.635. The molecular formula is C16H18OS. The van der Waals surface area contributed by atoms with Gasteiger partial charge in [-0.2, -0.15) is 0 Å². The average molecular weight is 258 g/mol. The molecule has 0 unspecified atom stereocenters. The molecular weight excluding hydrogens is 240 g/mol. The van der Waals surface area contributed by atoms with Gasteiger partial charge in [0.15, 0.2) is 0 Å². The molecule has 1 atom stereocenters. The van der Waals surface area contributed by atoms with Crippen molar-refractivity contribution in [3.8, 4) is 0 Å². The summed E-state index contributed by atoms with van der Waals surface area (Å²) in [5.74, 6) is 1.27. The smallest absolute Gasteiger partial charge is 0.0491 e. The van der Waals surface area contributed by atoms with Crippen LogP contribution >= 0.6 is 0 Å². The van der Waals surface area contributed by atoms with Gasteiger partial charge in [0.2, 0.25) is 0 Å². The Morgan fingerprint density at radius 2 is 1.72 bits per heavy atom. The molecule has 0 aliphatic carbocycles. The molecule has 2 heteroatoms. The third kappa shape index (κ3) is 3.54. The maximum atomic E-state index is 12.2. The standard InChI is InChI=1S/C16H18OS/c1-13-6-5-8-15(10-13)11-18(17)12-16-9-4-3-7-14(16)2/h3-10H,11-12H2,1-2H3/t18-/m0/s1. The molecule has 18 heavy (non-hydrogen) atoms. The number of aryl methyl sites for hydroxylation is 2. The SMILES string of the molecule is Cc1cccc(C[S@](=O)Cc2ccccc2C)c1. The summed E-state index contributed by atoms with van der Waals surface area (Å²) in [7, 11) is -0.841. The van der Waals surface area contributed by atoms with Gasteiger partial charge in [0.1, 0.15) is 0 Å². The van der Waals surface area contributed by atoms with Crippen LogP contribution in [0, 0.1) is 13.8 Å². The van der Waals surface area contributed by atoms with Gasteiger partial charge in [0.25, 0.3) is 0 Å². The highest BCUT2D eigenvalue weighted by atomic mass is 32.2. The third-order valence-electron chi connectivity index (χ3n) is 2.99. The predicted molar refractivity (Wildman–Crippen MR) is 77.9 cm³/mol. The van der Waals surface area contributed by atoms with Gasteiger partial charge in [-0.05, 0) is 30.5 Å². The second-order valence-electron chi connectivity index (χ2n) is 4.64. The molecule has 0 aliphatic rings. The summed E-state index contributed by atoms with van der Waals surface area (Å²) in [6, 6.07) is 16.4. The van der Waals surface area contributed by atoms with Crippen LogP contribution in [-0.4, -0.2) is 4.21 Å². The zero-order valence-electron chi connectivity index (χ0n) is 10.8. The summed E-state index contributed by atoms with van der Waals surface area (Å²) >= 11 is 0. The Labute approximate surface area is 111 Å². The van der Waals surface area contributed by atoms with Crippen LogP contribution in [0.3, 0.4) is 0 Å². The molecule has 0 saturated heterocycles. The van der Waals surface area contributed by atoms with Gasteiger partial charge in [0, 0.05) is 22.3 Å². The van der Waals surface area contributed by atoms with Crippen molar-refractivity contribution in [2.75, 3.05) is 0 Å². The lowest BCUT2D eigenvalue weighted by molar-refractivity contribution is 0.682. The Balaban J connectivity index is 2.03. The quantitative estimate of drug-likeness (QED) is 0.816. The number of hydrogen-bond acceptors (Lipinski definition) is 1. The van der Waals surface area contributed by atoms with E-state index >= 15 is 0 Å². The average Bonchev–Trinajstić information content (AvgIpc) is 2.32. The van der Waals surface area contributed by atoms with Crippen LogP contribution < -0.4 is 0 Å². The lowest BCUT2D eigenvalue weighted by Gasteiger charge is -2.06. The van der Waals surface area contributed by atoms with E-state index in [0.29, 0.717) is 11.5 Å². The first-order chi connectivity index (χ1) is 8.65. The maximum absolute atomic E-state index is 12.2. The summed E-state index contributed by atoms with van der Waals surface area (Å²) in [6.45, 7) is 4.13. The van der Waals surface area contributed by atoms with Crippen LogP contribution in [0.15, 0.2) is 48.5 Å². The Kier molecular flexibility index (Phi) is 4.32. The van der Waals surface area contributed by atoms with Crippen molar-refractivity contribution in [2.45, 2.75) is 25.4 Å². The monoisotopic (exact) mass is 258 g/mol. The summed E-state index contributed by atoms with van der Waals surface area (Å²) < 4.78 is 12.2. The fraction of sp³-hybridized carbons (Fsp3) is 0.250. The van der Waals surface area contributed by atoms with E-state index in [-0.39, 0.29) is 0 Å². The molecule has 0 aliphatic heterocycles. The molecule has 94 valence electrons. The van der Waals surface area contributed by atoms with Gasteiger partial charge in [-0.1, -0.05) is 54.1 Å². The molecule has 0 spiro atoms. The maximum Gasteiger partial charge on any atom is 0.0491 e. The van der Waals surface area contributed by atoms with Crippen molar-refractivity contribution in [3.63, 3.8) is 0 Å². The number of rotatable bonds is 4. The van der Waals surface area contributed by atoms with Crippen LogP contribution in [0.1, 0.15) is 22.3 Å². The number of benzene rings is 2. The van der Waals surface area contributed by atoms with Crippen molar-refractivity contribution in [1.82, 2.24) is 0 Å². The fourth-order valence-corrected chi connectivity index (χ4v) is 3.31. The first kappa shape index (κ1) is 13.0. The van der Waals surface area contributed by atoms with Crippen molar-refractivity contribution in [1.29, 1.82) is 0 Å². The Morgan fingerprint density at radius 3 is 2.44 bits per heavy atom. The topological polar surface area (TPSA) is 17.1 Å². The van der Waals surface area contributed by atoms with E-state index in [1.807, 2.05) is 24.3 Å². The minimum atomic E-state index is -0.841. The van der Waals surface area contributed by atoms with Gasteiger partial charge >= 0.3 is 0 Å². The molecule has 0 heterocycles. The summed E-state index contributed by atoms with van der Waals surface area (Å²) in [4.78, 5) is 0. The molecule has 0 bridgehead atoms. The molecule has 0 saturated carbocycles.